The summed E-state index contributed by atoms with van der Waals surface area (Å²) in [4.78, 5) is 17.2. The van der Waals surface area contributed by atoms with Gasteiger partial charge in [0.25, 0.3) is 0 Å². The van der Waals surface area contributed by atoms with Gasteiger partial charge in [0, 0.05) is 19.2 Å². The van der Waals surface area contributed by atoms with Crippen LogP contribution in [0.5, 0.6) is 0 Å². The molecule has 3 aromatic rings. The second kappa shape index (κ2) is 5.13. The Kier molecular flexibility index (Phi) is 3.39. The summed E-state index contributed by atoms with van der Waals surface area (Å²) < 4.78 is 3.45. The normalized spacial score (nSPS) is 12.0. The van der Waals surface area contributed by atoms with Crippen LogP contribution in [-0.4, -0.2) is 14.1 Å². The molecule has 4 nitrogen and oxygen atoms in total. The molecule has 2 aromatic heterocycles. The highest BCUT2D eigenvalue weighted by Crippen LogP contribution is 2.22. The summed E-state index contributed by atoms with van der Waals surface area (Å²) >= 11 is 0. The molecule has 22 heavy (non-hydrogen) atoms. The first-order valence-electron chi connectivity index (χ1n) is 7.48. The van der Waals surface area contributed by atoms with E-state index in [0.717, 1.165) is 22.4 Å². The van der Waals surface area contributed by atoms with Crippen molar-refractivity contribution in [3.8, 4) is 11.3 Å². The Morgan fingerprint density at radius 2 is 1.73 bits per heavy atom. The lowest BCUT2D eigenvalue weighted by Gasteiger charge is -2.18. The van der Waals surface area contributed by atoms with Gasteiger partial charge < -0.3 is 0 Å². The lowest BCUT2D eigenvalue weighted by Crippen LogP contribution is -2.27. The highest BCUT2D eigenvalue weighted by atomic mass is 16.1. The molecule has 0 atom stereocenters. The van der Waals surface area contributed by atoms with Gasteiger partial charge in [-0.3, -0.25) is 9.13 Å². The first-order valence-corrected chi connectivity index (χ1v) is 7.48. The van der Waals surface area contributed by atoms with Crippen molar-refractivity contribution >= 4 is 11.2 Å². The molecule has 0 saturated heterocycles. The van der Waals surface area contributed by atoms with Crippen molar-refractivity contribution in [3.05, 3.63) is 52.9 Å². The second-order valence-electron chi connectivity index (χ2n) is 6.89. The van der Waals surface area contributed by atoms with Crippen LogP contribution in [0.1, 0.15) is 20.8 Å². The lowest BCUT2D eigenvalue weighted by molar-refractivity contribution is 0.342. The molecule has 4 heteroatoms. The van der Waals surface area contributed by atoms with Crippen LogP contribution in [0.2, 0.25) is 0 Å². The average molecular weight is 295 g/mol. The van der Waals surface area contributed by atoms with Crippen molar-refractivity contribution in [2.75, 3.05) is 0 Å². The minimum absolute atomic E-state index is 0.0114. The number of benzene rings is 1. The van der Waals surface area contributed by atoms with Gasteiger partial charge in [-0.05, 0) is 17.5 Å². The van der Waals surface area contributed by atoms with Crippen LogP contribution in [0.4, 0.5) is 0 Å². The largest absolute Gasteiger partial charge is 0.330 e. The monoisotopic (exact) mass is 295 g/mol. The molecule has 0 fully saturated rings. The van der Waals surface area contributed by atoms with Crippen LogP contribution in [0, 0.1) is 5.41 Å². The summed E-state index contributed by atoms with van der Waals surface area (Å²) in [5.74, 6) is 0. The Morgan fingerprint density at radius 1 is 1.05 bits per heavy atom. The lowest BCUT2D eigenvalue weighted by atomic mass is 9.97. The maximum atomic E-state index is 12.5. The molecule has 0 unspecified atom stereocenters. The van der Waals surface area contributed by atoms with Gasteiger partial charge in [0.05, 0.1) is 11.2 Å². The molecule has 0 N–H and O–H groups in total. The molecule has 0 spiro atoms. The Bertz CT molecular complexity index is 867. The Hall–Kier alpha value is -2.36. The van der Waals surface area contributed by atoms with Gasteiger partial charge in [0.2, 0.25) is 0 Å². The molecule has 0 aliphatic rings. The van der Waals surface area contributed by atoms with Gasteiger partial charge in [-0.1, -0.05) is 51.1 Å². The van der Waals surface area contributed by atoms with Crippen LogP contribution in [0.3, 0.4) is 0 Å². The minimum Gasteiger partial charge on any atom is -0.290 e. The standard InChI is InChI=1S/C18H21N3O/c1-18(2,3)12-21-15-11-10-14(13-8-6-5-7-9-13)19-16(15)20(4)17(21)22/h5-11H,12H2,1-4H3. The highest BCUT2D eigenvalue weighted by Gasteiger charge is 2.18. The highest BCUT2D eigenvalue weighted by molar-refractivity contribution is 5.76. The van der Waals surface area contributed by atoms with Crippen LogP contribution < -0.4 is 5.69 Å². The number of nitrogens with zero attached hydrogens (tertiary/aromatic N) is 3. The Balaban J connectivity index is 2.19. The fourth-order valence-electron chi connectivity index (χ4n) is 2.67. The molecular weight excluding hydrogens is 274 g/mol. The number of rotatable bonds is 2. The van der Waals surface area contributed by atoms with Gasteiger partial charge >= 0.3 is 5.69 Å². The molecule has 0 aliphatic heterocycles. The fourth-order valence-corrected chi connectivity index (χ4v) is 2.67. The van der Waals surface area contributed by atoms with E-state index in [1.165, 1.54) is 0 Å². The van der Waals surface area contributed by atoms with Crippen molar-refractivity contribution in [1.29, 1.82) is 0 Å². The van der Waals surface area contributed by atoms with Crippen LogP contribution in [0.15, 0.2) is 47.3 Å². The predicted molar refractivity (Wildman–Crippen MR) is 89.9 cm³/mol. The fraction of sp³-hybridized carbons (Fsp3) is 0.333. The van der Waals surface area contributed by atoms with Crippen molar-refractivity contribution in [3.63, 3.8) is 0 Å². The quantitative estimate of drug-likeness (QED) is 0.726. The van der Waals surface area contributed by atoms with Crippen molar-refractivity contribution in [2.45, 2.75) is 27.3 Å². The molecule has 0 saturated carbocycles. The Labute approximate surface area is 130 Å². The van der Waals surface area contributed by atoms with E-state index in [1.54, 1.807) is 11.6 Å². The average Bonchev–Trinajstić information content (AvgIpc) is 2.71. The maximum Gasteiger partial charge on any atom is 0.330 e. The first kappa shape index (κ1) is 14.6. The third-order valence-corrected chi connectivity index (χ3v) is 3.68. The van der Waals surface area contributed by atoms with E-state index in [1.807, 2.05) is 47.0 Å². The summed E-state index contributed by atoms with van der Waals surface area (Å²) in [6.07, 6.45) is 0. The van der Waals surface area contributed by atoms with E-state index in [0.29, 0.717) is 6.54 Å². The number of fused-ring (bicyclic) bond motifs is 1. The van der Waals surface area contributed by atoms with E-state index in [-0.39, 0.29) is 11.1 Å². The molecular formula is C18H21N3O. The summed E-state index contributed by atoms with van der Waals surface area (Å²) in [5, 5.41) is 0. The minimum atomic E-state index is -0.0114. The van der Waals surface area contributed by atoms with Crippen LogP contribution in [0.25, 0.3) is 22.4 Å². The summed E-state index contributed by atoms with van der Waals surface area (Å²) in [7, 11) is 1.78. The smallest absolute Gasteiger partial charge is 0.290 e. The van der Waals surface area contributed by atoms with E-state index in [9.17, 15) is 4.79 Å². The van der Waals surface area contributed by atoms with E-state index in [2.05, 4.69) is 20.8 Å². The predicted octanol–water partition coefficient (Wildman–Crippen LogP) is 3.45. The van der Waals surface area contributed by atoms with E-state index < -0.39 is 0 Å². The van der Waals surface area contributed by atoms with Gasteiger partial charge in [-0.25, -0.2) is 9.78 Å². The molecule has 3 rings (SSSR count). The van der Waals surface area contributed by atoms with E-state index >= 15 is 0 Å². The maximum absolute atomic E-state index is 12.5. The molecule has 0 radical (unpaired) electrons. The third kappa shape index (κ3) is 2.56. The molecule has 114 valence electrons. The van der Waals surface area contributed by atoms with Crippen molar-refractivity contribution < 1.29 is 0 Å². The number of imidazole rings is 1. The van der Waals surface area contributed by atoms with Gasteiger partial charge in [-0.15, -0.1) is 0 Å². The zero-order chi connectivity index (χ0) is 15.9. The number of pyridine rings is 1. The summed E-state index contributed by atoms with van der Waals surface area (Å²) in [6, 6.07) is 14.0. The summed E-state index contributed by atoms with van der Waals surface area (Å²) in [6.45, 7) is 7.06. The van der Waals surface area contributed by atoms with Crippen LogP contribution in [-0.2, 0) is 13.6 Å². The van der Waals surface area contributed by atoms with E-state index in [4.69, 9.17) is 4.98 Å². The van der Waals surface area contributed by atoms with Crippen molar-refractivity contribution in [1.82, 2.24) is 14.1 Å². The third-order valence-electron chi connectivity index (χ3n) is 3.68. The topological polar surface area (TPSA) is 39.8 Å². The summed E-state index contributed by atoms with van der Waals surface area (Å²) in [5.41, 5.74) is 3.59. The Morgan fingerprint density at radius 3 is 2.36 bits per heavy atom. The number of aromatic nitrogens is 3. The molecule has 0 bridgehead atoms. The number of hydrogen-bond acceptors (Lipinski definition) is 2. The number of hydrogen-bond donors (Lipinski definition) is 0. The van der Waals surface area contributed by atoms with Gasteiger partial charge in [0.15, 0.2) is 5.65 Å². The molecule has 1 aromatic carbocycles. The SMILES string of the molecule is Cn1c(=O)n(CC(C)(C)C)c2ccc(-c3ccccc3)nc21. The van der Waals surface area contributed by atoms with Gasteiger partial charge in [-0.2, -0.15) is 0 Å². The zero-order valence-electron chi connectivity index (χ0n) is 13.5. The van der Waals surface area contributed by atoms with Gasteiger partial charge in [0.1, 0.15) is 0 Å². The molecule has 0 aliphatic carbocycles. The van der Waals surface area contributed by atoms with Crippen molar-refractivity contribution in [2.24, 2.45) is 12.5 Å². The van der Waals surface area contributed by atoms with Crippen LogP contribution >= 0.6 is 0 Å². The zero-order valence-corrected chi connectivity index (χ0v) is 13.5. The first-order chi connectivity index (χ1) is 10.4. The second-order valence-corrected chi connectivity index (χ2v) is 6.89. The molecule has 2 heterocycles. The molecule has 0 amide bonds. The number of aryl methyl sites for hydroxylation is 1.